The molecule has 1 unspecified atom stereocenters. The van der Waals surface area contributed by atoms with E-state index in [1.54, 1.807) is 6.07 Å². The molecule has 6 nitrogen and oxygen atoms in total. The fourth-order valence-electron chi connectivity index (χ4n) is 2.74. The SMILES string of the molecule is CC(C)(C)c1noc(-c2ccccc2C(=O)NC2CCCNC2)n1. The molecule has 24 heavy (non-hydrogen) atoms. The molecule has 0 aliphatic carbocycles. The van der Waals surface area contributed by atoms with E-state index in [1.807, 2.05) is 39.0 Å². The lowest BCUT2D eigenvalue weighted by molar-refractivity contribution is 0.0931. The van der Waals surface area contributed by atoms with Gasteiger partial charge in [-0.25, -0.2) is 0 Å². The largest absolute Gasteiger partial charge is 0.348 e. The summed E-state index contributed by atoms with van der Waals surface area (Å²) >= 11 is 0. The van der Waals surface area contributed by atoms with Crippen molar-refractivity contribution < 1.29 is 9.32 Å². The van der Waals surface area contributed by atoms with Gasteiger partial charge in [0.25, 0.3) is 11.8 Å². The van der Waals surface area contributed by atoms with Gasteiger partial charge in [0, 0.05) is 18.0 Å². The van der Waals surface area contributed by atoms with Gasteiger partial charge in [0.2, 0.25) is 0 Å². The Morgan fingerprint density at radius 3 is 2.79 bits per heavy atom. The number of aromatic nitrogens is 2. The fraction of sp³-hybridized carbons (Fsp3) is 0.500. The van der Waals surface area contributed by atoms with Crippen LogP contribution in [0.1, 0.15) is 49.8 Å². The van der Waals surface area contributed by atoms with Crippen LogP contribution >= 0.6 is 0 Å². The number of piperidine rings is 1. The Hall–Kier alpha value is -2.21. The van der Waals surface area contributed by atoms with E-state index in [-0.39, 0.29) is 17.4 Å². The zero-order valence-corrected chi connectivity index (χ0v) is 14.4. The Kier molecular flexibility index (Phi) is 4.66. The summed E-state index contributed by atoms with van der Waals surface area (Å²) in [6.07, 6.45) is 2.07. The molecule has 2 aromatic rings. The molecule has 1 atom stereocenters. The Bertz CT molecular complexity index is 712. The summed E-state index contributed by atoms with van der Waals surface area (Å²) in [5, 5.41) is 10.4. The normalized spacial score (nSPS) is 18.4. The summed E-state index contributed by atoms with van der Waals surface area (Å²) in [5.41, 5.74) is 1.03. The third kappa shape index (κ3) is 3.64. The van der Waals surface area contributed by atoms with Crippen molar-refractivity contribution in [1.82, 2.24) is 20.8 Å². The zero-order valence-electron chi connectivity index (χ0n) is 14.4. The predicted octanol–water partition coefficient (Wildman–Crippen LogP) is 2.52. The van der Waals surface area contributed by atoms with E-state index in [2.05, 4.69) is 20.8 Å². The fourth-order valence-corrected chi connectivity index (χ4v) is 2.74. The van der Waals surface area contributed by atoms with Crippen molar-refractivity contribution in [3.8, 4) is 11.5 Å². The average molecular weight is 328 g/mol. The number of nitrogens with zero attached hydrogens (tertiary/aromatic N) is 2. The van der Waals surface area contributed by atoms with Gasteiger partial charge in [-0.05, 0) is 31.5 Å². The standard InChI is InChI=1S/C18H24N4O2/c1-18(2,3)17-21-16(24-22-17)14-9-5-4-8-13(14)15(23)20-12-7-6-10-19-11-12/h4-5,8-9,12,19H,6-7,10-11H2,1-3H3,(H,20,23). The molecular formula is C18H24N4O2. The summed E-state index contributed by atoms with van der Waals surface area (Å²) in [6, 6.07) is 7.51. The van der Waals surface area contributed by atoms with Crippen LogP contribution in [0.5, 0.6) is 0 Å². The van der Waals surface area contributed by atoms with Gasteiger partial charge >= 0.3 is 0 Å². The van der Waals surface area contributed by atoms with E-state index in [4.69, 9.17) is 4.52 Å². The van der Waals surface area contributed by atoms with Crippen LogP contribution in [0.3, 0.4) is 0 Å². The molecule has 1 aliphatic heterocycles. The molecule has 1 saturated heterocycles. The second-order valence-electron chi connectivity index (χ2n) is 7.24. The summed E-state index contributed by atoms with van der Waals surface area (Å²) in [6.45, 7) is 7.89. The molecule has 2 N–H and O–H groups in total. The van der Waals surface area contributed by atoms with Crippen molar-refractivity contribution >= 4 is 5.91 Å². The molecule has 1 aromatic carbocycles. The lowest BCUT2D eigenvalue weighted by atomic mass is 9.96. The Morgan fingerprint density at radius 1 is 1.33 bits per heavy atom. The first-order valence-electron chi connectivity index (χ1n) is 8.40. The number of hydrogen-bond donors (Lipinski definition) is 2. The highest BCUT2D eigenvalue weighted by Crippen LogP contribution is 2.26. The van der Waals surface area contributed by atoms with Crippen LogP contribution in [0.2, 0.25) is 0 Å². The predicted molar refractivity (Wildman–Crippen MR) is 91.8 cm³/mol. The second-order valence-corrected chi connectivity index (χ2v) is 7.24. The highest BCUT2D eigenvalue weighted by Gasteiger charge is 2.24. The second kappa shape index (κ2) is 6.73. The van der Waals surface area contributed by atoms with Crippen LogP contribution in [0.4, 0.5) is 0 Å². The summed E-state index contributed by atoms with van der Waals surface area (Å²) in [7, 11) is 0. The Morgan fingerprint density at radius 2 is 2.12 bits per heavy atom. The maximum atomic E-state index is 12.7. The smallest absolute Gasteiger partial charge is 0.258 e. The molecule has 1 amide bonds. The van der Waals surface area contributed by atoms with Crippen LogP contribution < -0.4 is 10.6 Å². The topological polar surface area (TPSA) is 80.0 Å². The monoisotopic (exact) mass is 328 g/mol. The van der Waals surface area contributed by atoms with E-state index in [0.717, 1.165) is 25.9 Å². The number of benzene rings is 1. The third-order valence-corrected chi connectivity index (χ3v) is 4.13. The number of rotatable bonds is 3. The van der Waals surface area contributed by atoms with Crippen molar-refractivity contribution in [2.24, 2.45) is 0 Å². The van der Waals surface area contributed by atoms with Gasteiger partial charge in [-0.15, -0.1) is 0 Å². The van der Waals surface area contributed by atoms with Crippen molar-refractivity contribution in [1.29, 1.82) is 0 Å². The minimum atomic E-state index is -0.202. The van der Waals surface area contributed by atoms with E-state index in [0.29, 0.717) is 22.8 Å². The van der Waals surface area contributed by atoms with Gasteiger partial charge in [-0.2, -0.15) is 4.98 Å². The van der Waals surface area contributed by atoms with Crippen LogP contribution in [0.25, 0.3) is 11.5 Å². The first-order valence-corrected chi connectivity index (χ1v) is 8.40. The van der Waals surface area contributed by atoms with Gasteiger partial charge < -0.3 is 15.2 Å². The Labute approximate surface area is 142 Å². The molecule has 128 valence electrons. The summed E-state index contributed by atoms with van der Waals surface area (Å²) < 4.78 is 5.40. The van der Waals surface area contributed by atoms with Gasteiger partial charge in [-0.3, -0.25) is 4.79 Å². The molecule has 0 radical (unpaired) electrons. The van der Waals surface area contributed by atoms with Crippen LogP contribution in [0, 0.1) is 0 Å². The molecular weight excluding hydrogens is 304 g/mol. The van der Waals surface area contributed by atoms with Crippen molar-refractivity contribution in [3.05, 3.63) is 35.7 Å². The average Bonchev–Trinajstić information content (AvgIpc) is 3.06. The molecule has 1 aromatic heterocycles. The van der Waals surface area contributed by atoms with Crippen molar-refractivity contribution in [2.45, 2.75) is 45.1 Å². The van der Waals surface area contributed by atoms with Crippen LogP contribution in [-0.4, -0.2) is 35.2 Å². The van der Waals surface area contributed by atoms with Crippen LogP contribution in [0.15, 0.2) is 28.8 Å². The van der Waals surface area contributed by atoms with Gasteiger partial charge in [0.05, 0.1) is 11.1 Å². The number of carbonyl (C=O) groups excluding carboxylic acids is 1. The highest BCUT2D eigenvalue weighted by molar-refractivity contribution is 6.00. The maximum Gasteiger partial charge on any atom is 0.258 e. The van der Waals surface area contributed by atoms with Gasteiger partial charge in [0.15, 0.2) is 5.82 Å². The highest BCUT2D eigenvalue weighted by atomic mass is 16.5. The van der Waals surface area contributed by atoms with Crippen molar-refractivity contribution in [2.75, 3.05) is 13.1 Å². The van der Waals surface area contributed by atoms with Gasteiger partial charge in [-0.1, -0.05) is 38.1 Å². The molecule has 0 saturated carbocycles. The van der Waals surface area contributed by atoms with E-state index >= 15 is 0 Å². The summed E-state index contributed by atoms with van der Waals surface area (Å²) in [4.78, 5) is 17.2. The lowest BCUT2D eigenvalue weighted by Gasteiger charge is -2.24. The minimum absolute atomic E-state index is 0.102. The molecule has 1 aliphatic rings. The van der Waals surface area contributed by atoms with E-state index in [1.165, 1.54) is 0 Å². The summed E-state index contributed by atoms with van der Waals surface area (Å²) in [5.74, 6) is 0.909. The zero-order chi connectivity index (χ0) is 17.2. The quantitative estimate of drug-likeness (QED) is 0.905. The first-order chi connectivity index (χ1) is 11.4. The first kappa shape index (κ1) is 16.6. The number of hydrogen-bond acceptors (Lipinski definition) is 5. The van der Waals surface area contributed by atoms with Gasteiger partial charge in [0.1, 0.15) is 0 Å². The van der Waals surface area contributed by atoms with Crippen molar-refractivity contribution in [3.63, 3.8) is 0 Å². The molecule has 6 heteroatoms. The third-order valence-electron chi connectivity index (χ3n) is 4.13. The number of nitrogens with one attached hydrogen (secondary N) is 2. The maximum absolute atomic E-state index is 12.7. The molecule has 0 spiro atoms. The van der Waals surface area contributed by atoms with Crippen LogP contribution in [-0.2, 0) is 5.41 Å². The van der Waals surface area contributed by atoms with E-state index < -0.39 is 0 Å². The number of amides is 1. The molecule has 0 bridgehead atoms. The Balaban J connectivity index is 1.85. The molecule has 1 fully saturated rings. The van der Waals surface area contributed by atoms with E-state index in [9.17, 15) is 4.79 Å². The number of carbonyl (C=O) groups is 1. The lowest BCUT2D eigenvalue weighted by Crippen LogP contribution is -2.45. The molecule has 3 rings (SSSR count). The molecule has 2 heterocycles. The minimum Gasteiger partial charge on any atom is -0.348 e.